The van der Waals surface area contributed by atoms with Crippen LogP contribution < -0.4 is 0 Å². The molecule has 0 radical (unpaired) electrons. The van der Waals surface area contributed by atoms with Crippen LogP contribution in [0.4, 0.5) is 0 Å². The normalized spacial score (nSPS) is 19.0. The van der Waals surface area contributed by atoms with Crippen molar-refractivity contribution in [3.05, 3.63) is 33.9 Å². The van der Waals surface area contributed by atoms with Gasteiger partial charge in [-0.05, 0) is 104 Å². The number of hydrogen-bond acceptors (Lipinski definition) is 6. The van der Waals surface area contributed by atoms with E-state index < -0.39 is 23.1 Å². The largest absolute Gasteiger partial charge is 0.463 e. The van der Waals surface area contributed by atoms with Gasteiger partial charge in [-0.2, -0.15) is 0 Å². The van der Waals surface area contributed by atoms with Crippen LogP contribution in [0.15, 0.2) is 33.9 Å². The maximum atomic E-state index is 13.3. The van der Waals surface area contributed by atoms with E-state index in [9.17, 15) is 14.4 Å². The molecule has 0 aliphatic heterocycles. The van der Waals surface area contributed by atoms with E-state index in [0.717, 1.165) is 24.0 Å². The van der Waals surface area contributed by atoms with Gasteiger partial charge in [0, 0.05) is 11.6 Å². The standard InChI is InChI=1S/C25H36O6/c1-8-29-20(26)15-16-13-14-19(22(27)30-24(2,3)4)17-11-9-10-12-18(17)21(16)23(28)31-25(5,6)7/h15H,8-14H2,1-7H3/b16-15+. The molecule has 0 aromatic heterocycles. The minimum atomic E-state index is -0.682. The number of esters is 3. The summed E-state index contributed by atoms with van der Waals surface area (Å²) in [5.41, 5.74) is 1.92. The third-order valence-electron chi connectivity index (χ3n) is 4.93. The van der Waals surface area contributed by atoms with Gasteiger partial charge < -0.3 is 14.2 Å². The zero-order valence-electron chi connectivity index (χ0n) is 20.0. The molecule has 0 heterocycles. The van der Waals surface area contributed by atoms with E-state index in [-0.39, 0.29) is 12.6 Å². The van der Waals surface area contributed by atoms with E-state index in [0.29, 0.717) is 42.4 Å². The minimum absolute atomic E-state index is 0.244. The predicted octanol–water partition coefficient (Wildman–Crippen LogP) is 5.12. The molecule has 0 aromatic carbocycles. The summed E-state index contributed by atoms with van der Waals surface area (Å²) in [6.07, 6.45) is 5.31. The molecule has 2 aliphatic rings. The first-order valence-corrected chi connectivity index (χ1v) is 11.1. The van der Waals surface area contributed by atoms with Gasteiger partial charge in [-0.3, -0.25) is 0 Å². The van der Waals surface area contributed by atoms with Crippen molar-refractivity contribution in [2.45, 2.75) is 98.2 Å². The van der Waals surface area contributed by atoms with Gasteiger partial charge in [0.2, 0.25) is 0 Å². The Bertz CT molecular complexity index is 827. The van der Waals surface area contributed by atoms with Gasteiger partial charge >= 0.3 is 17.9 Å². The molecule has 0 N–H and O–H groups in total. The molecule has 0 atom stereocenters. The number of carbonyl (C=O) groups excluding carboxylic acids is 3. The molecular weight excluding hydrogens is 396 g/mol. The smallest absolute Gasteiger partial charge is 0.339 e. The van der Waals surface area contributed by atoms with E-state index in [4.69, 9.17) is 14.2 Å². The number of hydrogen-bond donors (Lipinski definition) is 0. The Kier molecular flexibility index (Phi) is 7.90. The first kappa shape index (κ1) is 24.9. The van der Waals surface area contributed by atoms with Crippen LogP contribution in [0.3, 0.4) is 0 Å². The van der Waals surface area contributed by atoms with E-state index in [1.165, 1.54) is 6.08 Å². The molecule has 6 nitrogen and oxygen atoms in total. The van der Waals surface area contributed by atoms with E-state index in [2.05, 4.69) is 0 Å². The zero-order valence-corrected chi connectivity index (χ0v) is 20.0. The molecule has 2 aliphatic carbocycles. The van der Waals surface area contributed by atoms with Crippen molar-refractivity contribution in [2.75, 3.05) is 6.61 Å². The molecule has 172 valence electrons. The number of ether oxygens (including phenoxy) is 3. The van der Waals surface area contributed by atoms with Crippen molar-refractivity contribution in [2.24, 2.45) is 0 Å². The van der Waals surface area contributed by atoms with Crippen LogP contribution in [0, 0.1) is 0 Å². The van der Waals surface area contributed by atoms with Crippen LogP contribution in [-0.2, 0) is 28.6 Å². The molecule has 0 aromatic rings. The van der Waals surface area contributed by atoms with Gasteiger partial charge in [0.15, 0.2) is 0 Å². The van der Waals surface area contributed by atoms with E-state index >= 15 is 0 Å². The lowest BCUT2D eigenvalue weighted by Gasteiger charge is -2.26. The number of fused-ring (bicyclic) bond motifs is 1. The average Bonchev–Trinajstić information content (AvgIpc) is 2.75. The highest BCUT2D eigenvalue weighted by Crippen LogP contribution is 2.42. The third-order valence-corrected chi connectivity index (χ3v) is 4.93. The monoisotopic (exact) mass is 432 g/mol. The lowest BCUT2D eigenvalue weighted by Crippen LogP contribution is -2.27. The number of rotatable bonds is 4. The van der Waals surface area contributed by atoms with Gasteiger partial charge in [0.1, 0.15) is 11.2 Å². The Morgan fingerprint density at radius 3 is 1.90 bits per heavy atom. The van der Waals surface area contributed by atoms with Gasteiger partial charge in [-0.15, -0.1) is 0 Å². The predicted molar refractivity (Wildman–Crippen MR) is 118 cm³/mol. The highest BCUT2D eigenvalue weighted by Gasteiger charge is 2.34. The average molecular weight is 433 g/mol. The van der Waals surface area contributed by atoms with Crippen LogP contribution in [0.5, 0.6) is 0 Å². The van der Waals surface area contributed by atoms with Crippen LogP contribution in [0.1, 0.15) is 87.0 Å². The molecule has 0 amide bonds. The summed E-state index contributed by atoms with van der Waals surface area (Å²) in [6.45, 7) is 12.9. The van der Waals surface area contributed by atoms with Crippen molar-refractivity contribution >= 4 is 17.9 Å². The van der Waals surface area contributed by atoms with E-state index in [1.54, 1.807) is 6.92 Å². The summed E-state index contributed by atoms with van der Waals surface area (Å²) in [5, 5.41) is 0. The number of carbonyl (C=O) groups is 3. The maximum Gasteiger partial charge on any atom is 0.339 e. The second-order valence-corrected chi connectivity index (χ2v) is 9.94. The molecule has 0 spiro atoms. The summed E-state index contributed by atoms with van der Waals surface area (Å²) in [4.78, 5) is 38.6. The third kappa shape index (κ3) is 7.08. The summed E-state index contributed by atoms with van der Waals surface area (Å²) < 4.78 is 16.5. The Balaban J connectivity index is 2.64. The fraction of sp³-hybridized carbons (Fsp3) is 0.640. The first-order chi connectivity index (χ1) is 14.3. The lowest BCUT2D eigenvalue weighted by atomic mass is 9.83. The van der Waals surface area contributed by atoms with Gasteiger partial charge in [-0.1, -0.05) is 0 Å². The fourth-order valence-electron chi connectivity index (χ4n) is 3.86. The summed E-state index contributed by atoms with van der Waals surface area (Å²) in [7, 11) is 0. The Hall–Kier alpha value is -2.37. The van der Waals surface area contributed by atoms with Crippen LogP contribution in [0.2, 0.25) is 0 Å². The first-order valence-electron chi connectivity index (χ1n) is 11.1. The number of allylic oxidation sites excluding steroid dienone is 2. The topological polar surface area (TPSA) is 78.9 Å². The SMILES string of the molecule is CCOC(=O)/C=C1\CCC(C(=O)OC(C)(C)C)=C2CCCCC2=C1C(=O)OC(C)(C)C. The summed E-state index contributed by atoms with van der Waals surface area (Å²) in [6, 6.07) is 0. The summed E-state index contributed by atoms with van der Waals surface area (Å²) in [5.74, 6) is -1.33. The van der Waals surface area contributed by atoms with Crippen molar-refractivity contribution in [1.82, 2.24) is 0 Å². The second kappa shape index (κ2) is 9.84. The van der Waals surface area contributed by atoms with E-state index in [1.807, 2.05) is 41.5 Å². The molecule has 1 saturated carbocycles. The molecule has 2 rings (SSSR count). The van der Waals surface area contributed by atoms with Gasteiger partial charge in [0.25, 0.3) is 0 Å². The minimum Gasteiger partial charge on any atom is -0.463 e. The van der Waals surface area contributed by atoms with Crippen molar-refractivity contribution in [3.63, 3.8) is 0 Å². The molecular formula is C25H36O6. The van der Waals surface area contributed by atoms with Crippen LogP contribution in [-0.4, -0.2) is 35.7 Å². The van der Waals surface area contributed by atoms with Gasteiger partial charge in [-0.25, -0.2) is 14.4 Å². The van der Waals surface area contributed by atoms with Crippen LogP contribution in [0.25, 0.3) is 0 Å². The molecule has 0 saturated heterocycles. The molecule has 0 unspecified atom stereocenters. The molecule has 31 heavy (non-hydrogen) atoms. The Morgan fingerprint density at radius 1 is 0.806 bits per heavy atom. The maximum absolute atomic E-state index is 13.3. The van der Waals surface area contributed by atoms with Crippen LogP contribution >= 0.6 is 0 Å². The highest BCUT2D eigenvalue weighted by atomic mass is 16.6. The van der Waals surface area contributed by atoms with Crippen molar-refractivity contribution in [3.8, 4) is 0 Å². The lowest BCUT2D eigenvalue weighted by molar-refractivity contribution is -0.151. The quantitative estimate of drug-likeness (QED) is 0.348. The Morgan fingerprint density at radius 2 is 1.35 bits per heavy atom. The Labute approximate surface area is 185 Å². The molecule has 1 fully saturated rings. The fourth-order valence-corrected chi connectivity index (χ4v) is 3.86. The second-order valence-electron chi connectivity index (χ2n) is 9.94. The zero-order chi connectivity index (χ0) is 23.4. The summed E-state index contributed by atoms with van der Waals surface area (Å²) >= 11 is 0. The molecule has 6 heteroatoms. The van der Waals surface area contributed by atoms with Crippen molar-refractivity contribution in [1.29, 1.82) is 0 Å². The van der Waals surface area contributed by atoms with Crippen molar-refractivity contribution < 1.29 is 28.6 Å². The molecule has 0 bridgehead atoms. The highest BCUT2D eigenvalue weighted by molar-refractivity contribution is 6.00. The van der Waals surface area contributed by atoms with Gasteiger partial charge in [0.05, 0.1) is 12.2 Å².